The van der Waals surface area contributed by atoms with Crippen molar-refractivity contribution in [3.63, 3.8) is 0 Å². The van der Waals surface area contributed by atoms with Crippen LogP contribution in [0.3, 0.4) is 0 Å². The van der Waals surface area contributed by atoms with E-state index in [0.717, 1.165) is 19.3 Å². The highest BCUT2D eigenvalue weighted by atomic mass is 16.4. The Kier molecular flexibility index (Phi) is 25.3. The SMILES string of the molecule is CC(CCCCCCCCCC=CCC=CCCCCCCCCCCO)CCC(=O)O. The highest BCUT2D eigenvalue weighted by Gasteiger charge is 2.05. The minimum absolute atomic E-state index is 0.320. The third-order valence-corrected chi connectivity index (χ3v) is 6.30. The molecule has 1 atom stereocenters. The van der Waals surface area contributed by atoms with E-state index in [1.165, 1.54) is 109 Å². The first-order chi connectivity index (χ1) is 15.7. The Morgan fingerprint density at radius 3 is 1.53 bits per heavy atom. The maximum absolute atomic E-state index is 10.6. The summed E-state index contributed by atoms with van der Waals surface area (Å²) in [6, 6.07) is 0. The van der Waals surface area contributed by atoms with Crippen LogP contribution in [0.2, 0.25) is 0 Å². The number of hydrogen-bond acceptors (Lipinski definition) is 2. The molecule has 32 heavy (non-hydrogen) atoms. The fourth-order valence-electron chi connectivity index (χ4n) is 4.09. The molecule has 3 heteroatoms. The van der Waals surface area contributed by atoms with Gasteiger partial charge in [-0.3, -0.25) is 4.79 Å². The van der Waals surface area contributed by atoms with E-state index in [1.54, 1.807) is 0 Å². The van der Waals surface area contributed by atoms with E-state index in [9.17, 15) is 4.79 Å². The summed E-state index contributed by atoms with van der Waals surface area (Å²) in [6.07, 6.45) is 34.6. The molecule has 0 aliphatic heterocycles. The molecule has 0 aromatic carbocycles. The molecular formula is C29H54O3. The molecule has 0 aromatic heterocycles. The summed E-state index contributed by atoms with van der Waals surface area (Å²) < 4.78 is 0. The summed E-state index contributed by atoms with van der Waals surface area (Å²) in [5, 5.41) is 17.5. The lowest BCUT2D eigenvalue weighted by molar-refractivity contribution is -0.137. The molecule has 0 saturated heterocycles. The zero-order valence-corrected chi connectivity index (χ0v) is 21.2. The van der Waals surface area contributed by atoms with Gasteiger partial charge in [-0.15, -0.1) is 0 Å². The van der Waals surface area contributed by atoms with Gasteiger partial charge in [0.05, 0.1) is 0 Å². The molecule has 0 aromatic rings. The monoisotopic (exact) mass is 450 g/mol. The van der Waals surface area contributed by atoms with Crippen LogP contribution in [-0.2, 0) is 4.79 Å². The van der Waals surface area contributed by atoms with E-state index in [1.807, 2.05) is 0 Å². The lowest BCUT2D eigenvalue weighted by Crippen LogP contribution is -2.01. The van der Waals surface area contributed by atoms with Crippen LogP contribution in [0.25, 0.3) is 0 Å². The Bertz CT molecular complexity index is 442. The predicted molar refractivity (Wildman–Crippen MR) is 139 cm³/mol. The molecule has 0 fully saturated rings. The topological polar surface area (TPSA) is 57.5 Å². The van der Waals surface area contributed by atoms with Crippen molar-refractivity contribution in [3.05, 3.63) is 24.3 Å². The van der Waals surface area contributed by atoms with Crippen LogP contribution in [0.4, 0.5) is 0 Å². The van der Waals surface area contributed by atoms with E-state index in [0.29, 0.717) is 18.9 Å². The molecule has 0 amide bonds. The largest absolute Gasteiger partial charge is 0.481 e. The number of aliphatic carboxylic acids is 1. The molecule has 0 rings (SSSR count). The zero-order chi connectivity index (χ0) is 23.5. The second-order valence-electron chi connectivity index (χ2n) is 9.61. The van der Waals surface area contributed by atoms with E-state index in [4.69, 9.17) is 10.2 Å². The number of allylic oxidation sites excluding steroid dienone is 4. The van der Waals surface area contributed by atoms with E-state index < -0.39 is 5.97 Å². The Morgan fingerprint density at radius 1 is 0.625 bits per heavy atom. The molecule has 0 saturated carbocycles. The van der Waals surface area contributed by atoms with Crippen molar-refractivity contribution >= 4 is 5.97 Å². The van der Waals surface area contributed by atoms with Crippen LogP contribution >= 0.6 is 0 Å². The van der Waals surface area contributed by atoms with Crippen LogP contribution in [0.5, 0.6) is 0 Å². The van der Waals surface area contributed by atoms with Gasteiger partial charge in [0.25, 0.3) is 0 Å². The van der Waals surface area contributed by atoms with Gasteiger partial charge in [0.1, 0.15) is 0 Å². The molecule has 0 heterocycles. The maximum atomic E-state index is 10.6. The second-order valence-corrected chi connectivity index (χ2v) is 9.61. The highest BCUT2D eigenvalue weighted by Crippen LogP contribution is 2.16. The van der Waals surface area contributed by atoms with E-state index in [2.05, 4.69) is 31.2 Å². The summed E-state index contributed by atoms with van der Waals surface area (Å²) in [6.45, 7) is 2.53. The van der Waals surface area contributed by atoms with Crippen molar-refractivity contribution in [3.8, 4) is 0 Å². The van der Waals surface area contributed by atoms with Gasteiger partial charge in [0.2, 0.25) is 0 Å². The third kappa shape index (κ3) is 26.9. The number of rotatable bonds is 25. The van der Waals surface area contributed by atoms with Gasteiger partial charge in [-0.1, -0.05) is 115 Å². The van der Waals surface area contributed by atoms with Gasteiger partial charge in [-0.2, -0.15) is 0 Å². The molecule has 0 bridgehead atoms. The Balaban J connectivity index is 3.23. The molecule has 0 radical (unpaired) electrons. The van der Waals surface area contributed by atoms with Crippen LogP contribution in [0.1, 0.15) is 142 Å². The van der Waals surface area contributed by atoms with Crippen LogP contribution in [0, 0.1) is 5.92 Å². The smallest absolute Gasteiger partial charge is 0.303 e. The number of carboxylic acids is 1. The molecular weight excluding hydrogens is 396 g/mol. The fraction of sp³-hybridized carbons (Fsp3) is 0.828. The molecule has 0 spiro atoms. The fourth-order valence-corrected chi connectivity index (χ4v) is 4.09. The lowest BCUT2D eigenvalue weighted by Gasteiger charge is -2.09. The van der Waals surface area contributed by atoms with Crippen LogP contribution in [-0.4, -0.2) is 22.8 Å². The first-order valence-electron chi connectivity index (χ1n) is 13.8. The lowest BCUT2D eigenvalue weighted by atomic mass is 9.97. The van der Waals surface area contributed by atoms with E-state index >= 15 is 0 Å². The quantitative estimate of drug-likeness (QED) is 0.108. The Morgan fingerprint density at radius 2 is 1.06 bits per heavy atom. The standard InChI is InChI=1S/C29H54O3/c1-28(25-26-29(31)32)24-22-20-18-16-14-12-10-8-6-4-2-3-5-7-9-11-13-15-17-19-21-23-27-30/h3-6,28,30H,2,7-27H2,1H3,(H,31,32). The summed E-state index contributed by atoms with van der Waals surface area (Å²) in [4.78, 5) is 10.6. The molecule has 0 aliphatic rings. The number of aliphatic hydroxyl groups excluding tert-OH is 1. The average Bonchev–Trinajstić information content (AvgIpc) is 2.78. The molecule has 1 unspecified atom stereocenters. The normalized spacial score (nSPS) is 12.8. The van der Waals surface area contributed by atoms with Crippen molar-refractivity contribution in [1.82, 2.24) is 0 Å². The van der Waals surface area contributed by atoms with Crippen molar-refractivity contribution in [2.24, 2.45) is 5.92 Å². The van der Waals surface area contributed by atoms with Gasteiger partial charge in [-0.25, -0.2) is 0 Å². The maximum Gasteiger partial charge on any atom is 0.303 e. The third-order valence-electron chi connectivity index (χ3n) is 6.30. The molecule has 0 aliphatic carbocycles. The van der Waals surface area contributed by atoms with Crippen LogP contribution in [0.15, 0.2) is 24.3 Å². The Labute approximate surface area is 199 Å². The van der Waals surface area contributed by atoms with Gasteiger partial charge in [-0.05, 0) is 50.9 Å². The number of unbranched alkanes of at least 4 members (excludes halogenated alkanes) is 15. The number of aliphatic hydroxyl groups is 1. The predicted octanol–water partition coefficient (Wildman–Crippen LogP) is 9.00. The number of carbonyl (C=O) groups is 1. The molecule has 2 N–H and O–H groups in total. The number of carboxylic acid groups (broad SMARTS) is 1. The van der Waals surface area contributed by atoms with Gasteiger partial charge in [0, 0.05) is 13.0 Å². The van der Waals surface area contributed by atoms with Crippen molar-refractivity contribution in [1.29, 1.82) is 0 Å². The summed E-state index contributed by atoms with van der Waals surface area (Å²) in [7, 11) is 0. The number of hydrogen-bond donors (Lipinski definition) is 2. The van der Waals surface area contributed by atoms with Gasteiger partial charge < -0.3 is 10.2 Å². The minimum Gasteiger partial charge on any atom is -0.481 e. The summed E-state index contributed by atoms with van der Waals surface area (Å²) in [5.41, 5.74) is 0. The Hall–Kier alpha value is -1.09. The first-order valence-corrected chi connectivity index (χ1v) is 13.8. The highest BCUT2D eigenvalue weighted by molar-refractivity contribution is 5.66. The second kappa shape index (κ2) is 26.2. The minimum atomic E-state index is -0.664. The van der Waals surface area contributed by atoms with Gasteiger partial charge >= 0.3 is 5.97 Å². The average molecular weight is 451 g/mol. The van der Waals surface area contributed by atoms with Gasteiger partial charge in [0.15, 0.2) is 0 Å². The van der Waals surface area contributed by atoms with Crippen molar-refractivity contribution in [2.75, 3.05) is 6.61 Å². The summed E-state index contributed by atoms with van der Waals surface area (Å²) in [5.74, 6) is -0.112. The molecule has 3 nitrogen and oxygen atoms in total. The van der Waals surface area contributed by atoms with Crippen molar-refractivity contribution < 1.29 is 15.0 Å². The summed E-state index contributed by atoms with van der Waals surface area (Å²) >= 11 is 0. The van der Waals surface area contributed by atoms with Crippen LogP contribution < -0.4 is 0 Å². The first kappa shape index (κ1) is 30.9. The van der Waals surface area contributed by atoms with Crippen molar-refractivity contribution in [2.45, 2.75) is 142 Å². The zero-order valence-electron chi connectivity index (χ0n) is 21.2. The van der Waals surface area contributed by atoms with E-state index in [-0.39, 0.29) is 0 Å². The molecule has 188 valence electrons.